The Bertz CT molecular complexity index is 345. The molecule has 13 heavy (non-hydrogen) atoms. The highest BCUT2D eigenvalue weighted by Gasteiger charge is 2.25. The number of hydrogen-bond donors (Lipinski definition) is 0. The second-order valence-electron chi connectivity index (χ2n) is 2.32. The van der Waals surface area contributed by atoms with Crippen LogP contribution < -0.4 is 4.90 Å². The van der Waals surface area contributed by atoms with Gasteiger partial charge in [-0.15, -0.1) is 0 Å². The Morgan fingerprint density at radius 1 is 1.54 bits per heavy atom. The van der Waals surface area contributed by atoms with E-state index in [2.05, 4.69) is 15.0 Å². The smallest absolute Gasteiger partial charge is 0.416 e. The lowest BCUT2D eigenvalue weighted by molar-refractivity contribution is 0.181. The van der Waals surface area contributed by atoms with E-state index in [1.807, 2.05) is 0 Å². The molecular weight excluding hydrogens is 196 g/mol. The van der Waals surface area contributed by atoms with Crippen LogP contribution in [0.4, 0.5) is 10.7 Å². The van der Waals surface area contributed by atoms with E-state index in [9.17, 15) is 4.79 Å². The summed E-state index contributed by atoms with van der Waals surface area (Å²) in [6.07, 6.45) is 0.790. The van der Waals surface area contributed by atoms with Crippen molar-refractivity contribution in [2.45, 2.75) is 0 Å². The molecule has 0 N–H and O–H groups in total. The summed E-state index contributed by atoms with van der Waals surface area (Å²) in [4.78, 5) is 23.5. The predicted octanol–water partition coefficient (Wildman–Crippen LogP) is 0.482. The van der Waals surface area contributed by atoms with E-state index in [1.165, 1.54) is 11.2 Å². The maximum absolute atomic E-state index is 11.0. The van der Waals surface area contributed by atoms with E-state index in [1.54, 1.807) is 0 Å². The molecule has 7 heteroatoms. The molecule has 68 valence electrons. The van der Waals surface area contributed by atoms with Gasteiger partial charge in [-0.1, -0.05) is 0 Å². The number of aromatic nitrogens is 3. The van der Waals surface area contributed by atoms with Gasteiger partial charge in [0.05, 0.1) is 6.54 Å². The Kier molecular flexibility index (Phi) is 1.97. The first-order valence-corrected chi connectivity index (χ1v) is 3.94. The number of ether oxygens (including phenoxy) is 1. The van der Waals surface area contributed by atoms with Gasteiger partial charge in [0.1, 0.15) is 12.9 Å². The highest BCUT2D eigenvalue weighted by atomic mass is 35.5. The summed E-state index contributed by atoms with van der Waals surface area (Å²) >= 11 is 5.53. The molecule has 0 atom stereocenters. The number of nitrogens with zero attached hydrogens (tertiary/aromatic N) is 4. The van der Waals surface area contributed by atoms with Crippen molar-refractivity contribution in [1.29, 1.82) is 0 Å². The van der Waals surface area contributed by atoms with Crippen LogP contribution in [-0.4, -0.2) is 34.2 Å². The van der Waals surface area contributed by atoms with Gasteiger partial charge in [0, 0.05) is 0 Å². The molecule has 1 amide bonds. The summed E-state index contributed by atoms with van der Waals surface area (Å²) in [6.45, 7) is 0.793. The molecule has 6 nitrogen and oxygen atoms in total. The lowest BCUT2D eigenvalue weighted by Crippen LogP contribution is -2.25. The van der Waals surface area contributed by atoms with Gasteiger partial charge in [0.25, 0.3) is 0 Å². The largest absolute Gasteiger partial charge is 0.447 e. The van der Waals surface area contributed by atoms with E-state index >= 15 is 0 Å². The molecule has 0 unspecified atom stereocenters. The second kappa shape index (κ2) is 3.14. The quantitative estimate of drug-likeness (QED) is 0.660. The van der Waals surface area contributed by atoms with E-state index < -0.39 is 6.09 Å². The minimum atomic E-state index is -0.456. The van der Waals surface area contributed by atoms with Crippen LogP contribution in [0.3, 0.4) is 0 Å². The maximum Gasteiger partial charge on any atom is 0.416 e. The molecule has 2 heterocycles. The number of amides is 1. The van der Waals surface area contributed by atoms with Crippen molar-refractivity contribution < 1.29 is 9.53 Å². The van der Waals surface area contributed by atoms with Crippen LogP contribution in [-0.2, 0) is 4.74 Å². The van der Waals surface area contributed by atoms with Crippen LogP contribution in [0.25, 0.3) is 0 Å². The molecule has 0 saturated carbocycles. The van der Waals surface area contributed by atoms with Crippen molar-refractivity contribution >= 4 is 23.6 Å². The van der Waals surface area contributed by atoms with Crippen LogP contribution in [0.15, 0.2) is 6.33 Å². The van der Waals surface area contributed by atoms with Gasteiger partial charge in [0.15, 0.2) is 0 Å². The lowest BCUT2D eigenvalue weighted by atomic mass is 10.6. The zero-order valence-electron chi connectivity index (χ0n) is 6.47. The lowest BCUT2D eigenvalue weighted by Gasteiger charge is -2.08. The number of hydrogen-bond acceptors (Lipinski definition) is 5. The number of cyclic esters (lactones) is 1. The van der Waals surface area contributed by atoms with Gasteiger partial charge in [0.2, 0.25) is 11.2 Å². The molecule has 0 aliphatic carbocycles. The Labute approximate surface area is 78.5 Å². The van der Waals surface area contributed by atoms with Crippen LogP contribution >= 0.6 is 11.6 Å². The van der Waals surface area contributed by atoms with Crippen LogP contribution in [0.2, 0.25) is 5.28 Å². The molecule has 1 fully saturated rings. The number of carbonyl (C=O) groups excluding carboxylic acids is 1. The Morgan fingerprint density at radius 3 is 3.00 bits per heavy atom. The van der Waals surface area contributed by atoms with Gasteiger partial charge in [-0.05, 0) is 11.6 Å². The fourth-order valence-corrected chi connectivity index (χ4v) is 1.09. The number of halogens is 1. The summed E-state index contributed by atoms with van der Waals surface area (Å²) in [5.41, 5.74) is 0. The topological polar surface area (TPSA) is 68.2 Å². The fourth-order valence-electron chi connectivity index (χ4n) is 0.974. The van der Waals surface area contributed by atoms with Gasteiger partial charge in [-0.3, -0.25) is 0 Å². The van der Waals surface area contributed by atoms with Gasteiger partial charge in [-0.25, -0.2) is 19.7 Å². The van der Waals surface area contributed by atoms with E-state index in [4.69, 9.17) is 16.3 Å². The first kappa shape index (κ1) is 8.18. The van der Waals surface area contributed by atoms with Crippen molar-refractivity contribution in [3.63, 3.8) is 0 Å². The molecule has 1 aromatic rings. The summed E-state index contributed by atoms with van der Waals surface area (Å²) in [6, 6.07) is 0. The van der Waals surface area contributed by atoms with E-state index in [0.29, 0.717) is 13.2 Å². The van der Waals surface area contributed by atoms with Crippen LogP contribution in [0, 0.1) is 0 Å². The fraction of sp³-hybridized carbons (Fsp3) is 0.333. The van der Waals surface area contributed by atoms with E-state index in [-0.39, 0.29) is 11.2 Å². The maximum atomic E-state index is 11.0. The number of carbonyl (C=O) groups is 1. The zero-order chi connectivity index (χ0) is 9.26. The normalized spacial score (nSPS) is 16.1. The SMILES string of the molecule is O=C1OCCN1c1ncnc(Cl)n1. The summed E-state index contributed by atoms with van der Waals surface area (Å²) in [7, 11) is 0. The third-order valence-corrected chi connectivity index (χ3v) is 1.71. The zero-order valence-corrected chi connectivity index (χ0v) is 7.23. The van der Waals surface area contributed by atoms with Crippen molar-refractivity contribution in [1.82, 2.24) is 15.0 Å². The van der Waals surface area contributed by atoms with Gasteiger partial charge < -0.3 is 4.74 Å². The van der Waals surface area contributed by atoms with Crippen molar-refractivity contribution in [2.75, 3.05) is 18.1 Å². The predicted molar refractivity (Wildman–Crippen MR) is 43.5 cm³/mol. The molecule has 1 aliphatic rings. The van der Waals surface area contributed by atoms with Crippen molar-refractivity contribution in [2.24, 2.45) is 0 Å². The Morgan fingerprint density at radius 2 is 2.38 bits per heavy atom. The monoisotopic (exact) mass is 200 g/mol. The minimum absolute atomic E-state index is 0.0599. The van der Waals surface area contributed by atoms with Gasteiger partial charge >= 0.3 is 6.09 Å². The summed E-state index contributed by atoms with van der Waals surface area (Å²) in [5.74, 6) is 0.225. The third-order valence-electron chi connectivity index (χ3n) is 1.53. The summed E-state index contributed by atoms with van der Waals surface area (Å²) < 4.78 is 4.70. The Hall–Kier alpha value is -1.43. The minimum Gasteiger partial charge on any atom is -0.447 e. The molecular formula is C6H5ClN4O2. The van der Waals surface area contributed by atoms with Crippen LogP contribution in [0.1, 0.15) is 0 Å². The van der Waals surface area contributed by atoms with Crippen LogP contribution in [0.5, 0.6) is 0 Å². The number of anilines is 1. The Balaban J connectivity index is 2.29. The molecule has 1 aliphatic heterocycles. The second-order valence-corrected chi connectivity index (χ2v) is 2.66. The summed E-state index contributed by atoms with van der Waals surface area (Å²) in [5, 5.41) is 0.0599. The average molecular weight is 201 g/mol. The molecule has 2 rings (SSSR count). The van der Waals surface area contributed by atoms with E-state index in [0.717, 1.165) is 0 Å². The highest BCUT2D eigenvalue weighted by molar-refractivity contribution is 6.28. The molecule has 0 bridgehead atoms. The third kappa shape index (κ3) is 1.52. The number of rotatable bonds is 1. The van der Waals surface area contributed by atoms with Gasteiger partial charge in [-0.2, -0.15) is 4.98 Å². The first-order chi connectivity index (χ1) is 6.27. The molecule has 1 aromatic heterocycles. The first-order valence-electron chi connectivity index (χ1n) is 3.56. The molecule has 0 radical (unpaired) electrons. The standard InChI is InChI=1S/C6H5ClN4O2/c7-4-8-3-9-5(10-4)11-1-2-13-6(11)12/h3H,1-2H2. The molecule has 0 aromatic carbocycles. The molecule has 1 saturated heterocycles. The molecule has 0 spiro atoms. The highest BCUT2D eigenvalue weighted by Crippen LogP contribution is 2.13. The van der Waals surface area contributed by atoms with Crippen molar-refractivity contribution in [3.05, 3.63) is 11.6 Å². The average Bonchev–Trinajstić information content (AvgIpc) is 2.51. The van der Waals surface area contributed by atoms with Crippen molar-refractivity contribution in [3.8, 4) is 0 Å².